The van der Waals surface area contributed by atoms with E-state index < -0.39 is 11.4 Å². The van der Waals surface area contributed by atoms with Gasteiger partial charge in [-0.1, -0.05) is 31.4 Å². The molecular weight excluding hydrogens is 368 g/mol. The number of ether oxygens (including phenoxy) is 1. The van der Waals surface area contributed by atoms with Crippen molar-refractivity contribution in [3.05, 3.63) is 29.3 Å². The first kappa shape index (κ1) is 23.2. The Bertz CT molecular complexity index is 676. The molecule has 0 heterocycles. The van der Waals surface area contributed by atoms with Crippen molar-refractivity contribution >= 4 is 12.4 Å². The van der Waals surface area contributed by atoms with E-state index in [1.165, 1.54) is 0 Å². The second kappa shape index (κ2) is 10.7. The third-order valence-corrected chi connectivity index (χ3v) is 6.18. The number of carbonyl (C=O) groups excluding carboxylic acids is 1. The second-order valence-corrected chi connectivity index (χ2v) is 9.17. The maximum atomic E-state index is 11.1. The molecule has 29 heavy (non-hydrogen) atoms. The highest BCUT2D eigenvalue weighted by Crippen LogP contribution is 2.43. The number of phenolic OH excluding ortho intramolecular Hbond substituents is 1. The summed E-state index contributed by atoms with van der Waals surface area (Å²) < 4.78 is 5.17. The third-order valence-electron chi connectivity index (χ3n) is 6.18. The molecule has 1 fully saturated rings. The largest absolute Gasteiger partial charge is 0.508 e. The van der Waals surface area contributed by atoms with Crippen LogP contribution in [0.25, 0.3) is 0 Å². The fourth-order valence-electron chi connectivity index (χ4n) is 3.76. The quantitative estimate of drug-likeness (QED) is 0.301. The zero-order chi connectivity index (χ0) is 21.3. The summed E-state index contributed by atoms with van der Waals surface area (Å²) in [6.07, 6.45) is 11.4. The van der Waals surface area contributed by atoms with E-state index in [-0.39, 0.29) is 5.60 Å². The topological polar surface area (TPSA) is 83.8 Å². The lowest BCUT2D eigenvalue weighted by Crippen LogP contribution is -2.23. The predicted molar refractivity (Wildman–Crippen MR) is 113 cm³/mol. The fraction of sp³-hybridized carbons (Fsp3) is 0.667. The van der Waals surface area contributed by atoms with E-state index in [0.29, 0.717) is 18.6 Å². The van der Waals surface area contributed by atoms with Gasteiger partial charge in [-0.25, -0.2) is 0 Å². The van der Waals surface area contributed by atoms with E-state index >= 15 is 0 Å². The minimum Gasteiger partial charge on any atom is -0.508 e. The van der Waals surface area contributed by atoms with E-state index in [0.717, 1.165) is 81.8 Å². The van der Waals surface area contributed by atoms with Crippen LogP contribution in [-0.4, -0.2) is 28.3 Å². The summed E-state index contributed by atoms with van der Waals surface area (Å²) in [7, 11) is 0. The Morgan fingerprint density at radius 3 is 2.41 bits per heavy atom. The number of rotatable bonds is 15. The number of carboxylic acid groups (broad SMARTS) is 1. The van der Waals surface area contributed by atoms with Crippen molar-refractivity contribution in [1.82, 2.24) is 0 Å². The summed E-state index contributed by atoms with van der Waals surface area (Å²) in [5.74, 6) is -0.360. The van der Waals surface area contributed by atoms with Crippen LogP contribution in [0.1, 0.15) is 89.2 Å². The normalized spacial score (nSPS) is 15.1. The number of hydrogen-bond donors (Lipinski definition) is 2. The molecule has 0 atom stereocenters. The summed E-state index contributed by atoms with van der Waals surface area (Å²) in [6.45, 7) is 4.12. The number of aliphatic carboxylic acids is 1. The van der Waals surface area contributed by atoms with Gasteiger partial charge in [0.1, 0.15) is 11.4 Å². The highest BCUT2D eigenvalue weighted by atomic mass is 16.5. The second-order valence-electron chi connectivity index (χ2n) is 9.17. The number of aryl methyl sites for hydroxylation is 2. The van der Waals surface area contributed by atoms with Crippen molar-refractivity contribution in [3.8, 4) is 5.75 Å². The first-order valence-corrected chi connectivity index (χ1v) is 10.9. The van der Waals surface area contributed by atoms with Crippen LogP contribution in [0, 0.1) is 5.41 Å². The van der Waals surface area contributed by atoms with Gasteiger partial charge in [0.05, 0.1) is 5.41 Å². The van der Waals surface area contributed by atoms with Gasteiger partial charge in [0.25, 0.3) is 6.47 Å². The van der Waals surface area contributed by atoms with Crippen LogP contribution in [0.5, 0.6) is 5.75 Å². The Hall–Kier alpha value is -2.04. The van der Waals surface area contributed by atoms with Gasteiger partial charge in [-0.3, -0.25) is 9.59 Å². The van der Waals surface area contributed by atoms with Gasteiger partial charge in [0.2, 0.25) is 0 Å². The molecule has 0 unspecified atom stereocenters. The van der Waals surface area contributed by atoms with Gasteiger partial charge in [0.15, 0.2) is 0 Å². The van der Waals surface area contributed by atoms with E-state index in [4.69, 9.17) is 9.84 Å². The maximum absolute atomic E-state index is 11.1. The predicted octanol–water partition coefficient (Wildman–Crippen LogP) is 5.41. The zero-order valence-corrected chi connectivity index (χ0v) is 17.9. The molecule has 0 amide bonds. The molecule has 1 aliphatic rings. The third kappa shape index (κ3) is 7.71. The smallest absolute Gasteiger partial charge is 0.309 e. The van der Waals surface area contributed by atoms with Crippen LogP contribution in [-0.2, 0) is 27.2 Å². The summed E-state index contributed by atoms with van der Waals surface area (Å²) in [5.41, 5.74) is 1.31. The molecule has 0 aromatic heterocycles. The molecule has 0 saturated heterocycles. The average Bonchev–Trinajstić information content (AvgIpc) is 3.43. The van der Waals surface area contributed by atoms with Crippen molar-refractivity contribution in [3.63, 3.8) is 0 Å². The van der Waals surface area contributed by atoms with Crippen molar-refractivity contribution < 1.29 is 24.5 Å². The lowest BCUT2D eigenvalue weighted by atomic mass is 9.87. The van der Waals surface area contributed by atoms with Crippen LogP contribution in [0.2, 0.25) is 0 Å². The van der Waals surface area contributed by atoms with Crippen molar-refractivity contribution in [2.45, 2.75) is 96.5 Å². The van der Waals surface area contributed by atoms with Crippen molar-refractivity contribution in [1.29, 1.82) is 0 Å². The average molecular weight is 405 g/mol. The Morgan fingerprint density at radius 1 is 1.10 bits per heavy atom. The van der Waals surface area contributed by atoms with Crippen molar-refractivity contribution in [2.24, 2.45) is 5.41 Å². The molecule has 162 valence electrons. The molecule has 1 aliphatic carbocycles. The Balaban J connectivity index is 1.62. The molecule has 1 aromatic rings. The van der Waals surface area contributed by atoms with Gasteiger partial charge in [-0.15, -0.1) is 0 Å². The summed E-state index contributed by atoms with van der Waals surface area (Å²) >= 11 is 0. The molecule has 0 aliphatic heterocycles. The SMILES string of the molecule is CC(C)(CCCCCCc1ccc(CCCCC2(OC=O)CC2)cc1O)C(=O)O. The molecule has 2 rings (SSSR count). The van der Waals surface area contributed by atoms with E-state index in [2.05, 4.69) is 6.07 Å². The molecule has 1 saturated carbocycles. The highest BCUT2D eigenvalue weighted by Gasteiger charge is 2.44. The number of unbranched alkanes of at least 4 members (excludes halogenated alkanes) is 4. The minimum absolute atomic E-state index is 0.170. The van der Waals surface area contributed by atoms with Crippen LogP contribution >= 0.6 is 0 Å². The molecule has 1 aromatic carbocycles. The standard InChI is InChI=1S/C24H36O5/c1-23(2,22(27)28)13-7-4-3-5-10-20-12-11-19(17-21(20)26)9-6-8-14-24(15-16-24)29-18-25/h11-12,17-18,26H,3-10,13-16H2,1-2H3,(H,27,28). The van der Waals surface area contributed by atoms with Gasteiger partial charge in [0, 0.05) is 0 Å². The van der Waals surface area contributed by atoms with Crippen LogP contribution in [0.4, 0.5) is 0 Å². The Labute approximate surface area is 174 Å². The number of hydrogen-bond acceptors (Lipinski definition) is 4. The molecule has 0 spiro atoms. The summed E-state index contributed by atoms with van der Waals surface area (Å²) in [6, 6.07) is 5.99. The number of aromatic hydroxyl groups is 1. The van der Waals surface area contributed by atoms with Gasteiger partial charge >= 0.3 is 5.97 Å². The molecule has 0 bridgehead atoms. The minimum atomic E-state index is -0.733. The summed E-state index contributed by atoms with van der Waals surface area (Å²) in [5, 5.41) is 19.4. The van der Waals surface area contributed by atoms with Crippen LogP contribution in [0.15, 0.2) is 18.2 Å². The number of carbonyl (C=O) groups is 2. The van der Waals surface area contributed by atoms with Gasteiger partial charge < -0.3 is 14.9 Å². The Morgan fingerprint density at radius 2 is 1.79 bits per heavy atom. The molecular formula is C24H36O5. The highest BCUT2D eigenvalue weighted by molar-refractivity contribution is 5.73. The number of phenols is 1. The fourth-order valence-corrected chi connectivity index (χ4v) is 3.76. The first-order valence-electron chi connectivity index (χ1n) is 10.9. The van der Waals surface area contributed by atoms with E-state index in [9.17, 15) is 14.7 Å². The first-order chi connectivity index (χ1) is 13.8. The number of carboxylic acids is 1. The molecule has 5 heteroatoms. The molecule has 2 N–H and O–H groups in total. The maximum Gasteiger partial charge on any atom is 0.309 e. The van der Waals surface area contributed by atoms with Crippen LogP contribution < -0.4 is 0 Å². The van der Waals surface area contributed by atoms with Crippen molar-refractivity contribution in [2.75, 3.05) is 0 Å². The summed E-state index contributed by atoms with van der Waals surface area (Å²) in [4.78, 5) is 21.6. The number of benzene rings is 1. The zero-order valence-electron chi connectivity index (χ0n) is 17.9. The van der Waals surface area contributed by atoms with Crippen LogP contribution in [0.3, 0.4) is 0 Å². The lowest BCUT2D eigenvalue weighted by Gasteiger charge is -2.18. The molecule has 5 nitrogen and oxygen atoms in total. The van der Waals surface area contributed by atoms with E-state index in [1.54, 1.807) is 13.8 Å². The Kier molecular flexibility index (Phi) is 8.54. The van der Waals surface area contributed by atoms with E-state index in [1.807, 2.05) is 12.1 Å². The lowest BCUT2D eigenvalue weighted by molar-refractivity contribution is -0.147. The molecule has 0 radical (unpaired) electrons. The monoisotopic (exact) mass is 404 g/mol. The van der Waals surface area contributed by atoms with Gasteiger partial charge in [-0.05, 0) is 88.8 Å². The van der Waals surface area contributed by atoms with Gasteiger partial charge in [-0.2, -0.15) is 0 Å².